The average Bonchev–Trinajstić information content (AvgIpc) is 3.21. The lowest BCUT2D eigenvalue weighted by molar-refractivity contribution is -0.144. The molecule has 0 N–H and O–H groups in total. The van der Waals surface area contributed by atoms with Crippen LogP contribution in [0.4, 0.5) is 13.2 Å². The summed E-state index contributed by atoms with van der Waals surface area (Å²) in [6.07, 6.45) is -0.671. The highest BCUT2D eigenvalue weighted by Gasteiger charge is 2.47. The first-order chi connectivity index (χ1) is 13.2. The van der Waals surface area contributed by atoms with Gasteiger partial charge in [-0.2, -0.15) is 13.2 Å². The van der Waals surface area contributed by atoms with E-state index in [2.05, 4.69) is 0 Å². The lowest BCUT2D eigenvalue weighted by Crippen LogP contribution is -2.26. The molecular formula is C23H21F3O2. The fourth-order valence-electron chi connectivity index (χ4n) is 4.37. The molecule has 2 nitrogen and oxygen atoms in total. The van der Waals surface area contributed by atoms with Crippen LogP contribution in [0.15, 0.2) is 48.0 Å². The summed E-state index contributed by atoms with van der Waals surface area (Å²) in [5.74, 6) is -0.330. The number of hydrogen-bond acceptors (Lipinski definition) is 2. The highest BCUT2D eigenvalue weighted by molar-refractivity contribution is 6.20. The zero-order valence-electron chi connectivity index (χ0n) is 15.8. The standard InChI is InChI=1S/C23H21F3O2/c1-14-8-9-17(16-6-5-7-18(12-16)23(24,25)26)13-19(14)20-15(2)22(28-21(20)27)10-3-4-11-22/h5-9,12-13H,3-4,10-11H2,1-2H3. The number of carbonyl (C=O) groups excluding carboxylic acids is 1. The maximum Gasteiger partial charge on any atom is 0.416 e. The van der Waals surface area contributed by atoms with E-state index in [9.17, 15) is 18.0 Å². The molecule has 0 amide bonds. The number of halogens is 3. The highest BCUT2D eigenvalue weighted by atomic mass is 19.4. The van der Waals surface area contributed by atoms with Crippen LogP contribution >= 0.6 is 0 Å². The van der Waals surface area contributed by atoms with E-state index in [1.807, 2.05) is 19.9 Å². The molecule has 0 bridgehead atoms. The molecule has 28 heavy (non-hydrogen) atoms. The number of hydrogen-bond donors (Lipinski definition) is 0. The Morgan fingerprint density at radius 1 is 0.964 bits per heavy atom. The lowest BCUT2D eigenvalue weighted by Gasteiger charge is -2.23. The number of benzene rings is 2. The van der Waals surface area contributed by atoms with Crippen molar-refractivity contribution in [3.8, 4) is 11.1 Å². The summed E-state index contributed by atoms with van der Waals surface area (Å²) in [5.41, 5.74) is 3.08. The number of esters is 1. The minimum Gasteiger partial charge on any atom is -0.451 e. The van der Waals surface area contributed by atoms with Gasteiger partial charge in [0, 0.05) is 0 Å². The summed E-state index contributed by atoms with van der Waals surface area (Å²) in [5, 5.41) is 0. The summed E-state index contributed by atoms with van der Waals surface area (Å²) in [4.78, 5) is 12.7. The molecule has 2 aromatic rings. The van der Waals surface area contributed by atoms with Gasteiger partial charge < -0.3 is 4.74 Å². The van der Waals surface area contributed by atoms with Gasteiger partial charge in [0.2, 0.25) is 0 Å². The Labute approximate surface area is 162 Å². The Balaban J connectivity index is 1.81. The van der Waals surface area contributed by atoms with Crippen molar-refractivity contribution < 1.29 is 22.7 Å². The van der Waals surface area contributed by atoms with Gasteiger partial charge in [-0.15, -0.1) is 0 Å². The Hall–Kier alpha value is -2.56. The van der Waals surface area contributed by atoms with Crippen molar-refractivity contribution in [2.24, 2.45) is 0 Å². The molecule has 0 aromatic heterocycles. The quantitative estimate of drug-likeness (QED) is 0.564. The van der Waals surface area contributed by atoms with E-state index in [0.29, 0.717) is 16.7 Å². The zero-order valence-corrected chi connectivity index (χ0v) is 15.8. The molecule has 1 spiro atoms. The van der Waals surface area contributed by atoms with E-state index in [-0.39, 0.29) is 5.97 Å². The Kier molecular flexibility index (Phi) is 4.36. The third kappa shape index (κ3) is 3.03. The summed E-state index contributed by atoms with van der Waals surface area (Å²) < 4.78 is 45.0. The van der Waals surface area contributed by atoms with Gasteiger partial charge in [0.1, 0.15) is 5.60 Å². The van der Waals surface area contributed by atoms with E-state index >= 15 is 0 Å². The number of alkyl halides is 3. The SMILES string of the molecule is CC1=C(c2cc(-c3cccc(C(F)(F)F)c3)ccc2C)C(=O)OC12CCCC2. The molecule has 0 atom stereocenters. The van der Waals surface area contributed by atoms with Gasteiger partial charge in [-0.1, -0.05) is 24.3 Å². The predicted octanol–water partition coefficient (Wildman–Crippen LogP) is 6.32. The first-order valence-electron chi connectivity index (χ1n) is 9.45. The van der Waals surface area contributed by atoms with Gasteiger partial charge >= 0.3 is 12.1 Å². The molecule has 1 heterocycles. The molecule has 5 heteroatoms. The first-order valence-corrected chi connectivity index (χ1v) is 9.45. The van der Waals surface area contributed by atoms with Crippen molar-refractivity contribution in [2.75, 3.05) is 0 Å². The summed E-state index contributed by atoms with van der Waals surface area (Å²) in [6, 6.07) is 10.7. The minimum absolute atomic E-state index is 0.330. The van der Waals surface area contributed by atoms with Gasteiger partial charge in [-0.25, -0.2) is 4.79 Å². The molecule has 146 valence electrons. The van der Waals surface area contributed by atoms with Gasteiger partial charge in [0.15, 0.2) is 0 Å². The largest absolute Gasteiger partial charge is 0.451 e. The average molecular weight is 386 g/mol. The lowest BCUT2D eigenvalue weighted by atomic mass is 9.87. The fourth-order valence-corrected chi connectivity index (χ4v) is 4.37. The van der Waals surface area contributed by atoms with Crippen molar-refractivity contribution in [1.29, 1.82) is 0 Å². The summed E-state index contributed by atoms with van der Waals surface area (Å²) in [6.45, 7) is 3.85. The van der Waals surface area contributed by atoms with Crippen LogP contribution in [0.2, 0.25) is 0 Å². The Morgan fingerprint density at radius 3 is 2.32 bits per heavy atom. The van der Waals surface area contributed by atoms with Crippen molar-refractivity contribution in [2.45, 2.75) is 51.3 Å². The Bertz CT molecular complexity index is 980. The second-order valence-electron chi connectivity index (χ2n) is 7.70. The maximum absolute atomic E-state index is 13.1. The van der Waals surface area contributed by atoms with E-state index in [0.717, 1.165) is 54.5 Å². The van der Waals surface area contributed by atoms with Crippen LogP contribution in [0.1, 0.15) is 49.3 Å². The second-order valence-corrected chi connectivity index (χ2v) is 7.70. The second kappa shape index (κ2) is 6.50. The molecule has 0 unspecified atom stereocenters. The van der Waals surface area contributed by atoms with Crippen molar-refractivity contribution >= 4 is 11.5 Å². The maximum atomic E-state index is 13.1. The van der Waals surface area contributed by atoms with Crippen LogP contribution < -0.4 is 0 Å². The van der Waals surface area contributed by atoms with E-state index in [1.54, 1.807) is 18.2 Å². The van der Waals surface area contributed by atoms with Crippen LogP contribution in [0.3, 0.4) is 0 Å². The number of aryl methyl sites for hydroxylation is 1. The monoisotopic (exact) mass is 386 g/mol. The van der Waals surface area contributed by atoms with Crippen LogP contribution in [-0.4, -0.2) is 11.6 Å². The predicted molar refractivity (Wildman–Crippen MR) is 102 cm³/mol. The van der Waals surface area contributed by atoms with Crippen LogP contribution in [0, 0.1) is 6.92 Å². The molecule has 2 aliphatic rings. The van der Waals surface area contributed by atoms with E-state index in [1.165, 1.54) is 6.07 Å². The fraction of sp³-hybridized carbons (Fsp3) is 0.348. The smallest absolute Gasteiger partial charge is 0.416 e. The van der Waals surface area contributed by atoms with Crippen LogP contribution in [0.25, 0.3) is 16.7 Å². The van der Waals surface area contributed by atoms with Gasteiger partial charge in [0.25, 0.3) is 0 Å². The Morgan fingerprint density at radius 2 is 1.64 bits per heavy atom. The molecule has 1 saturated carbocycles. The summed E-state index contributed by atoms with van der Waals surface area (Å²) in [7, 11) is 0. The molecule has 0 saturated heterocycles. The molecule has 2 aromatic carbocycles. The molecular weight excluding hydrogens is 365 g/mol. The van der Waals surface area contributed by atoms with Gasteiger partial charge in [0.05, 0.1) is 11.1 Å². The molecule has 1 aliphatic heterocycles. The zero-order chi connectivity index (χ0) is 20.1. The highest BCUT2D eigenvalue weighted by Crippen LogP contribution is 2.48. The van der Waals surface area contributed by atoms with Gasteiger partial charge in [-0.3, -0.25) is 0 Å². The van der Waals surface area contributed by atoms with E-state index in [4.69, 9.17) is 4.74 Å². The number of carbonyl (C=O) groups is 1. The normalized spacial score (nSPS) is 18.8. The minimum atomic E-state index is -4.40. The topological polar surface area (TPSA) is 26.3 Å². The summed E-state index contributed by atoms with van der Waals surface area (Å²) >= 11 is 0. The van der Waals surface area contributed by atoms with Crippen molar-refractivity contribution in [3.63, 3.8) is 0 Å². The number of rotatable bonds is 2. The first kappa shape index (κ1) is 18.8. The molecule has 1 fully saturated rings. The van der Waals surface area contributed by atoms with Crippen LogP contribution in [0.5, 0.6) is 0 Å². The van der Waals surface area contributed by atoms with E-state index < -0.39 is 17.3 Å². The molecule has 0 radical (unpaired) electrons. The number of ether oxygens (including phenoxy) is 1. The third-order valence-corrected chi connectivity index (χ3v) is 5.99. The van der Waals surface area contributed by atoms with Gasteiger partial charge in [-0.05, 0) is 85.6 Å². The molecule has 1 aliphatic carbocycles. The van der Waals surface area contributed by atoms with Crippen molar-refractivity contribution in [3.05, 3.63) is 64.7 Å². The van der Waals surface area contributed by atoms with Crippen LogP contribution in [-0.2, 0) is 15.7 Å². The molecule has 4 rings (SSSR count). The van der Waals surface area contributed by atoms with Crippen molar-refractivity contribution in [1.82, 2.24) is 0 Å². The third-order valence-electron chi connectivity index (χ3n) is 5.99.